The summed E-state index contributed by atoms with van der Waals surface area (Å²) in [6, 6.07) is 19.9. The Bertz CT molecular complexity index is 1630. The number of aromatic nitrogens is 1. The first kappa shape index (κ1) is 28.5. The van der Waals surface area contributed by atoms with Crippen molar-refractivity contribution in [3.63, 3.8) is 0 Å². The van der Waals surface area contributed by atoms with Gasteiger partial charge >= 0.3 is 0 Å². The van der Waals surface area contributed by atoms with E-state index in [-0.39, 0.29) is 12.1 Å². The molecule has 0 saturated carbocycles. The second-order valence-electron chi connectivity index (χ2n) is 9.51. The number of nitrogens with zero attached hydrogens (tertiary/aromatic N) is 3. The zero-order chi connectivity index (χ0) is 29.8. The summed E-state index contributed by atoms with van der Waals surface area (Å²) in [4.78, 5) is 59.6. The molecule has 1 aliphatic heterocycles. The molecule has 1 N–H and O–H groups in total. The van der Waals surface area contributed by atoms with Gasteiger partial charge in [-0.2, -0.15) is 0 Å². The maximum Gasteiger partial charge on any atom is 0.299 e. The number of carbonyl (C=O) groups excluding carboxylic acids is 4. The monoisotopic (exact) mass is 584 g/mol. The Morgan fingerprint density at radius 3 is 2.26 bits per heavy atom. The standard InChI is InChI=1S/C31H28N4O6S/c1-19(30(38)32-21-10-14-23(41-3)15-11-21)34(16-27-33-25(18-42-27)20-8-12-22(40-2)13-9-20)28(36)17-35-26-7-5-4-6-24(26)29(37)31(35)39/h4-15,18-19H,16-17H2,1-3H3,(H,32,38). The Balaban J connectivity index is 1.39. The number of fused-ring (bicyclic) bond motifs is 1. The van der Waals surface area contributed by atoms with Gasteiger partial charge in [0.25, 0.3) is 11.7 Å². The van der Waals surface area contributed by atoms with Crippen LogP contribution in [0.2, 0.25) is 0 Å². The number of hydrogen-bond donors (Lipinski definition) is 1. The molecule has 3 aromatic carbocycles. The number of ether oxygens (including phenoxy) is 2. The van der Waals surface area contributed by atoms with Crippen molar-refractivity contribution < 1.29 is 28.7 Å². The molecular weight excluding hydrogens is 556 g/mol. The van der Waals surface area contributed by atoms with Gasteiger partial charge in [0.1, 0.15) is 29.1 Å². The van der Waals surface area contributed by atoms with Crippen molar-refractivity contribution in [3.8, 4) is 22.8 Å². The Labute approximate surface area is 246 Å². The van der Waals surface area contributed by atoms with E-state index < -0.39 is 36.1 Å². The van der Waals surface area contributed by atoms with Gasteiger partial charge in [-0.3, -0.25) is 24.1 Å². The van der Waals surface area contributed by atoms with E-state index >= 15 is 0 Å². The lowest BCUT2D eigenvalue weighted by Gasteiger charge is -2.29. The molecule has 1 aliphatic rings. The molecule has 1 unspecified atom stereocenters. The van der Waals surface area contributed by atoms with E-state index in [0.717, 1.165) is 21.9 Å². The van der Waals surface area contributed by atoms with Crippen molar-refractivity contribution in [1.29, 1.82) is 0 Å². The summed E-state index contributed by atoms with van der Waals surface area (Å²) in [5.74, 6) is -1.02. The van der Waals surface area contributed by atoms with Crippen LogP contribution in [0.1, 0.15) is 22.3 Å². The van der Waals surface area contributed by atoms with Crippen molar-refractivity contribution in [2.24, 2.45) is 0 Å². The van der Waals surface area contributed by atoms with Crippen LogP contribution in [0, 0.1) is 0 Å². The normalized spacial score (nSPS) is 13.0. The highest BCUT2D eigenvalue weighted by molar-refractivity contribution is 7.09. The molecule has 3 amide bonds. The number of ketones is 1. The van der Waals surface area contributed by atoms with Crippen LogP contribution in [-0.4, -0.2) is 60.2 Å². The molecule has 10 nitrogen and oxygen atoms in total. The maximum absolute atomic E-state index is 13.8. The van der Waals surface area contributed by atoms with Gasteiger partial charge in [-0.15, -0.1) is 11.3 Å². The summed E-state index contributed by atoms with van der Waals surface area (Å²) >= 11 is 1.35. The topological polar surface area (TPSA) is 118 Å². The zero-order valence-corrected chi connectivity index (χ0v) is 24.0. The van der Waals surface area contributed by atoms with E-state index in [9.17, 15) is 19.2 Å². The van der Waals surface area contributed by atoms with Crippen LogP contribution in [0.4, 0.5) is 11.4 Å². The molecule has 0 fully saturated rings. The number of para-hydroxylation sites is 1. The van der Waals surface area contributed by atoms with Crippen LogP contribution >= 0.6 is 11.3 Å². The Morgan fingerprint density at radius 2 is 1.60 bits per heavy atom. The minimum Gasteiger partial charge on any atom is -0.497 e. The Hall–Kier alpha value is -5.03. The number of hydrogen-bond acceptors (Lipinski definition) is 8. The van der Waals surface area contributed by atoms with E-state index in [1.54, 1.807) is 69.7 Å². The number of amides is 3. The van der Waals surface area contributed by atoms with E-state index in [0.29, 0.717) is 22.1 Å². The molecule has 1 atom stereocenters. The molecular formula is C31H28N4O6S. The number of nitrogens with one attached hydrogen (secondary N) is 1. The third-order valence-electron chi connectivity index (χ3n) is 6.94. The van der Waals surface area contributed by atoms with Gasteiger partial charge in [0.05, 0.1) is 37.7 Å². The van der Waals surface area contributed by atoms with Crippen molar-refractivity contribution in [2.45, 2.75) is 19.5 Å². The predicted octanol–water partition coefficient (Wildman–Crippen LogP) is 4.41. The van der Waals surface area contributed by atoms with E-state index in [2.05, 4.69) is 5.32 Å². The number of Topliss-reactive ketones (excluding diaryl/α,β-unsaturated/α-hetero) is 1. The van der Waals surface area contributed by atoms with Gasteiger partial charge in [0.15, 0.2) is 0 Å². The van der Waals surface area contributed by atoms with Gasteiger partial charge in [-0.05, 0) is 67.6 Å². The summed E-state index contributed by atoms with van der Waals surface area (Å²) in [7, 11) is 3.15. The van der Waals surface area contributed by atoms with E-state index in [1.807, 2.05) is 29.6 Å². The average molecular weight is 585 g/mol. The quantitative estimate of drug-likeness (QED) is 0.274. The van der Waals surface area contributed by atoms with Crippen LogP contribution in [0.15, 0.2) is 78.2 Å². The molecule has 0 bridgehead atoms. The molecule has 214 valence electrons. The van der Waals surface area contributed by atoms with Crippen molar-refractivity contribution in [3.05, 3.63) is 88.7 Å². The first-order chi connectivity index (χ1) is 20.3. The highest BCUT2D eigenvalue weighted by Gasteiger charge is 2.38. The molecule has 4 aromatic rings. The third kappa shape index (κ3) is 5.86. The lowest BCUT2D eigenvalue weighted by Crippen LogP contribution is -2.49. The SMILES string of the molecule is COc1ccc(NC(=O)C(C)N(Cc2nc(-c3ccc(OC)cc3)cs2)C(=O)CN2C(=O)C(=O)c3ccccc32)cc1. The molecule has 0 radical (unpaired) electrons. The first-order valence-electron chi connectivity index (χ1n) is 13.1. The minimum absolute atomic E-state index is 0.0223. The lowest BCUT2D eigenvalue weighted by atomic mass is 10.1. The zero-order valence-electron chi connectivity index (χ0n) is 23.2. The van der Waals surface area contributed by atoms with E-state index in [4.69, 9.17) is 14.5 Å². The molecule has 0 spiro atoms. The average Bonchev–Trinajstić information content (AvgIpc) is 3.59. The smallest absolute Gasteiger partial charge is 0.299 e. The molecule has 2 heterocycles. The number of benzene rings is 3. The lowest BCUT2D eigenvalue weighted by molar-refractivity contribution is -0.138. The predicted molar refractivity (Wildman–Crippen MR) is 159 cm³/mol. The minimum atomic E-state index is -0.934. The van der Waals surface area contributed by atoms with Gasteiger partial charge in [0.2, 0.25) is 11.8 Å². The Kier molecular flexibility index (Phi) is 8.30. The van der Waals surface area contributed by atoms with Gasteiger partial charge < -0.3 is 19.7 Å². The van der Waals surface area contributed by atoms with Gasteiger partial charge in [-0.25, -0.2) is 4.98 Å². The van der Waals surface area contributed by atoms with Crippen LogP contribution in [-0.2, 0) is 20.9 Å². The van der Waals surface area contributed by atoms with Crippen molar-refractivity contribution in [1.82, 2.24) is 9.88 Å². The molecule has 42 heavy (non-hydrogen) atoms. The number of thiazole rings is 1. The molecule has 0 saturated heterocycles. The molecule has 1 aromatic heterocycles. The maximum atomic E-state index is 13.8. The fourth-order valence-electron chi connectivity index (χ4n) is 4.56. The molecule has 0 aliphatic carbocycles. The van der Waals surface area contributed by atoms with E-state index in [1.165, 1.54) is 16.2 Å². The van der Waals surface area contributed by atoms with Crippen LogP contribution in [0.3, 0.4) is 0 Å². The van der Waals surface area contributed by atoms with Gasteiger partial charge in [-0.1, -0.05) is 12.1 Å². The first-order valence-corrected chi connectivity index (χ1v) is 14.0. The fraction of sp³-hybridized carbons (Fsp3) is 0.194. The van der Waals surface area contributed by atoms with Crippen molar-refractivity contribution >= 4 is 46.2 Å². The second-order valence-corrected chi connectivity index (χ2v) is 10.5. The van der Waals surface area contributed by atoms with Crippen LogP contribution in [0.25, 0.3) is 11.3 Å². The number of carbonyl (C=O) groups is 4. The second kappa shape index (κ2) is 12.2. The summed E-state index contributed by atoms with van der Waals surface area (Å²) in [6.45, 7) is 1.23. The van der Waals surface area contributed by atoms with Crippen molar-refractivity contribution in [2.75, 3.05) is 31.0 Å². The highest BCUT2D eigenvalue weighted by Crippen LogP contribution is 2.29. The van der Waals surface area contributed by atoms with Crippen LogP contribution in [0.5, 0.6) is 11.5 Å². The summed E-state index contributed by atoms with van der Waals surface area (Å²) in [5.41, 5.74) is 2.74. The largest absolute Gasteiger partial charge is 0.497 e. The summed E-state index contributed by atoms with van der Waals surface area (Å²) in [5, 5.41) is 5.30. The summed E-state index contributed by atoms with van der Waals surface area (Å²) in [6.07, 6.45) is 0. The number of methoxy groups -OCH3 is 2. The molecule has 11 heteroatoms. The fourth-order valence-corrected chi connectivity index (χ4v) is 5.36. The van der Waals surface area contributed by atoms with Crippen LogP contribution < -0.4 is 19.7 Å². The summed E-state index contributed by atoms with van der Waals surface area (Å²) < 4.78 is 10.4. The number of anilines is 2. The highest BCUT2D eigenvalue weighted by atomic mass is 32.1. The van der Waals surface area contributed by atoms with Gasteiger partial charge in [0, 0.05) is 16.6 Å². The Morgan fingerprint density at radius 1 is 0.952 bits per heavy atom. The number of rotatable bonds is 10. The molecule has 5 rings (SSSR count). The third-order valence-corrected chi connectivity index (χ3v) is 7.77.